The van der Waals surface area contributed by atoms with E-state index in [1.54, 1.807) is 22.9 Å². The highest BCUT2D eigenvalue weighted by atomic mass is 35.5. The molecule has 7 heteroatoms. The molecule has 0 aliphatic heterocycles. The standard InChI is InChI=1S/C16H16ClNO4S/c1-21-16(20)11-9-23-10-13(11)18-15(19)7-4-8-22-14-6-3-2-5-12(14)17/h2-3,5-6,9-10H,4,7-8H2,1H3,(H,18,19). The fraction of sp³-hybridized carbons (Fsp3) is 0.250. The number of rotatable bonds is 7. The number of anilines is 1. The van der Waals surface area contributed by atoms with E-state index >= 15 is 0 Å². The van der Waals surface area contributed by atoms with Crippen LogP contribution >= 0.6 is 22.9 Å². The van der Waals surface area contributed by atoms with E-state index in [0.717, 1.165) is 0 Å². The van der Waals surface area contributed by atoms with Crippen LogP contribution in [-0.2, 0) is 9.53 Å². The fourth-order valence-corrected chi connectivity index (χ4v) is 2.79. The molecule has 1 aromatic heterocycles. The van der Waals surface area contributed by atoms with Gasteiger partial charge in [-0.25, -0.2) is 4.79 Å². The quantitative estimate of drug-likeness (QED) is 0.604. The third-order valence-electron chi connectivity index (χ3n) is 2.98. The number of thiophene rings is 1. The number of hydrogen-bond donors (Lipinski definition) is 1. The summed E-state index contributed by atoms with van der Waals surface area (Å²) in [5.74, 6) is -0.0553. The van der Waals surface area contributed by atoms with E-state index in [0.29, 0.717) is 35.1 Å². The number of halogens is 1. The maximum absolute atomic E-state index is 11.9. The Balaban J connectivity index is 1.77. The van der Waals surface area contributed by atoms with Gasteiger partial charge in [0.1, 0.15) is 5.75 Å². The number of nitrogens with one attached hydrogen (secondary N) is 1. The van der Waals surface area contributed by atoms with E-state index in [-0.39, 0.29) is 12.3 Å². The highest BCUT2D eigenvalue weighted by Gasteiger charge is 2.14. The summed E-state index contributed by atoms with van der Waals surface area (Å²) in [5.41, 5.74) is 0.831. The molecule has 0 aliphatic carbocycles. The number of benzene rings is 1. The molecule has 0 fully saturated rings. The Morgan fingerprint density at radius 3 is 2.78 bits per heavy atom. The molecule has 23 heavy (non-hydrogen) atoms. The number of amides is 1. The first-order valence-corrected chi connectivity index (χ1v) is 8.25. The van der Waals surface area contributed by atoms with Crippen LogP contribution in [0.5, 0.6) is 5.75 Å². The van der Waals surface area contributed by atoms with Crippen LogP contribution in [0.4, 0.5) is 5.69 Å². The van der Waals surface area contributed by atoms with E-state index in [9.17, 15) is 9.59 Å². The zero-order valence-electron chi connectivity index (χ0n) is 12.5. The molecule has 2 rings (SSSR count). The third-order valence-corrected chi connectivity index (χ3v) is 4.04. The predicted octanol–water partition coefficient (Wildman–Crippen LogP) is 3.99. The first-order chi connectivity index (χ1) is 11.1. The van der Waals surface area contributed by atoms with Crippen LogP contribution in [0.1, 0.15) is 23.2 Å². The highest BCUT2D eigenvalue weighted by molar-refractivity contribution is 7.08. The van der Waals surface area contributed by atoms with Crippen molar-refractivity contribution in [2.24, 2.45) is 0 Å². The van der Waals surface area contributed by atoms with Crippen LogP contribution in [0.2, 0.25) is 5.02 Å². The van der Waals surface area contributed by atoms with Gasteiger partial charge in [-0.1, -0.05) is 23.7 Å². The summed E-state index contributed by atoms with van der Waals surface area (Å²) in [6.07, 6.45) is 0.815. The molecule has 1 N–H and O–H groups in total. The van der Waals surface area contributed by atoms with Crippen molar-refractivity contribution >= 4 is 40.5 Å². The zero-order chi connectivity index (χ0) is 16.7. The van der Waals surface area contributed by atoms with Crippen LogP contribution in [0.15, 0.2) is 35.0 Å². The maximum Gasteiger partial charge on any atom is 0.340 e. The molecule has 0 aliphatic rings. The number of carbonyl (C=O) groups excluding carboxylic acids is 2. The van der Waals surface area contributed by atoms with Gasteiger partial charge in [-0.3, -0.25) is 4.79 Å². The van der Waals surface area contributed by atoms with E-state index in [1.165, 1.54) is 18.4 Å². The van der Waals surface area contributed by atoms with Crippen LogP contribution in [-0.4, -0.2) is 25.6 Å². The first-order valence-electron chi connectivity index (χ1n) is 6.93. The Morgan fingerprint density at radius 1 is 1.26 bits per heavy atom. The van der Waals surface area contributed by atoms with E-state index < -0.39 is 5.97 Å². The minimum absolute atomic E-state index is 0.184. The molecular weight excluding hydrogens is 338 g/mol. The molecule has 2 aromatic rings. The van der Waals surface area contributed by atoms with Crippen molar-refractivity contribution in [3.05, 3.63) is 45.6 Å². The molecule has 0 atom stereocenters. The normalized spacial score (nSPS) is 10.2. The molecule has 1 heterocycles. The number of hydrogen-bond acceptors (Lipinski definition) is 5. The van der Waals surface area contributed by atoms with E-state index in [4.69, 9.17) is 16.3 Å². The molecule has 0 saturated heterocycles. The summed E-state index contributed by atoms with van der Waals surface area (Å²) in [5, 5.41) is 6.58. The Morgan fingerprint density at radius 2 is 2.04 bits per heavy atom. The zero-order valence-corrected chi connectivity index (χ0v) is 14.1. The van der Waals surface area contributed by atoms with Crippen LogP contribution in [0.25, 0.3) is 0 Å². The number of carbonyl (C=O) groups is 2. The van der Waals surface area contributed by atoms with Gasteiger partial charge in [0.25, 0.3) is 0 Å². The molecule has 0 spiro atoms. The van der Waals surface area contributed by atoms with Gasteiger partial charge in [-0.2, -0.15) is 0 Å². The predicted molar refractivity (Wildman–Crippen MR) is 90.5 cm³/mol. The second-order valence-corrected chi connectivity index (χ2v) is 5.77. The molecule has 1 aromatic carbocycles. The Bertz CT molecular complexity index is 686. The number of esters is 1. The van der Waals surface area contributed by atoms with Crippen molar-refractivity contribution in [2.75, 3.05) is 19.0 Å². The van der Waals surface area contributed by atoms with Crippen molar-refractivity contribution < 1.29 is 19.1 Å². The molecule has 0 radical (unpaired) electrons. The lowest BCUT2D eigenvalue weighted by Crippen LogP contribution is -2.14. The molecule has 0 saturated carbocycles. The Hall–Kier alpha value is -2.05. The average Bonchev–Trinajstić information content (AvgIpc) is 3.00. The smallest absolute Gasteiger partial charge is 0.340 e. The highest BCUT2D eigenvalue weighted by Crippen LogP contribution is 2.24. The monoisotopic (exact) mass is 353 g/mol. The van der Waals surface area contributed by atoms with Gasteiger partial charge in [0.05, 0.1) is 30.0 Å². The number of methoxy groups -OCH3 is 1. The summed E-state index contributed by atoms with van der Waals surface area (Å²) < 4.78 is 10.2. The largest absolute Gasteiger partial charge is 0.492 e. The van der Waals surface area contributed by atoms with Crippen molar-refractivity contribution in [3.63, 3.8) is 0 Å². The average molecular weight is 354 g/mol. The third kappa shape index (κ3) is 4.97. The van der Waals surface area contributed by atoms with Gasteiger partial charge in [-0.15, -0.1) is 11.3 Å². The minimum atomic E-state index is -0.469. The van der Waals surface area contributed by atoms with Crippen LogP contribution in [0.3, 0.4) is 0 Å². The fourth-order valence-electron chi connectivity index (χ4n) is 1.85. The van der Waals surface area contributed by atoms with Gasteiger partial charge >= 0.3 is 5.97 Å². The van der Waals surface area contributed by atoms with Gasteiger partial charge in [0, 0.05) is 17.2 Å². The summed E-state index contributed by atoms with van der Waals surface area (Å²) in [6, 6.07) is 7.17. The summed E-state index contributed by atoms with van der Waals surface area (Å²) in [7, 11) is 1.30. The van der Waals surface area contributed by atoms with Crippen molar-refractivity contribution in [1.29, 1.82) is 0 Å². The van der Waals surface area contributed by atoms with E-state index in [1.807, 2.05) is 12.1 Å². The lowest BCUT2D eigenvalue weighted by molar-refractivity contribution is -0.116. The second-order valence-electron chi connectivity index (χ2n) is 4.62. The van der Waals surface area contributed by atoms with Crippen molar-refractivity contribution in [1.82, 2.24) is 0 Å². The summed E-state index contributed by atoms with van der Waals surface area (Å²) >= 11 is 7.30. The molecule has 1 amide bonds. The maximum atomic E-state index is 11.9. The van der Waals surface area contributed by atoms with Gasteiger partial charge in [0.2, 0.25) is 5.91 Å². The molecular formula is C16H16ClNO4S. The van der Waals surface area contributed by atoms with Gasteiger partial charge in [0.15, 0.2) is 0 Å². The van der Waals surface area contributed by atoms with Crippen molar-refractivity contribution in [3.8, 4) is 5.75 Å². The number of para-hydroxylation sites is 1. The van der Waals surface area contributed by atoms with Crippen LogP contribution in [0, 0.1) is 0 Å². The van der Waals surface area contributed by atoms with Gasteiger partial charge < -0.3 is 14.8 Å². The van der Waals surface area contributed by atoms with Crippen molar-refractivity contribution in [2.45, 2.75) is 12.8 Å². The first kappa shape index (κ1) is 17.3. The lowest BCUT2D eigenvalue weighted by atomic mass is 10.2. The molecule has 122 valence electrons. The summed E-state index contributed by atoms with van der Waals surface area (Å²) in [4.78, 5) is 23.4. The molecule has 0 unspecified atom stereocenters. The SMILES string of the molecule is COC(=O)c1cscc1NC(=O)CCCOc1ccccc1Cl. The lowest BCUT2D eigenvalue weighted by Gasteiger charge is -2.08. The Kier molecular flexibility index (Phi) is 6.43. The second kappa shape index (κ2) is 8.55. The Labute approximate surface area is 143 Å². The van der Waals surface area contributed by atoms with E-state index in [2.05, 4.69) is 10.1 Å². The van der Waals surface area contributed by atoms with Crippen LogP contribution < -0.4 is 10.1 Å². The minimum Gasteiger partial charge on any atom is -0.492 e. The molecule has 5 nitrogen and oxygen atoms in total. The number of ether oxygens (including phenoxy) is 2. The topological polar surface area (TPSA) is 64.6 Å². The molecule has 0 bridgehead atoms. The van der Waals surface area contributed by atoms with Gasteiger partial charge in [-0.05, 0) is 18.6 Å². The summed E-state index contributed by atoms with van der Waals surface area (Å²) in [6.45, 7) is 0.380.